The van der Waals surface area contributed by atoms with Crippen molar-refractivity contribution in [3.8, 4) is 0 Å². The van der Waals surface area contributed by atoms with Crippen molar-refractivity contribution in [2.45, 2.75) is 65.2 Å². The smallest absolute Gasteiger partial charge is 0.220 e. The SMILES string of the molecule is CCCCCCCCNC(=O)CCC(C)=O. The Bertz CT molecular complexity index is 202. The maximum atomic E-state index is 11.2. The van der Waals surface area contributed by atoms with E-state index in [-0.39, 0.29) is 11.7 Å². The fourth-order valence-corrected chi connectivity index (χ4v) is 1.51. The number of Topliss-reactive ketones (excluding diaryl/α,β-unsaturated/α-hetero) is 1. The lowest BCUT2D eigenvalue weighted by Crippen LogP contribution is -2.24. The van der Waals surface area contributed by atoms with Gasteiger partial charge < -0.3 is 10.1 Å². The van der Waals surface area contributed by atoms with E-state index in [1.807, 2.05) is 0 Å². The van der Waals surface area contributed by atoms with Crippen molar-refractivity contribution < 1.29 is 9.59 Å². The van der Waals surface area contributed by atoms with Gasteiger partial charge >= 0.3 is 0 Å². The molecular formula is C13H25NO2. The lowest BCUT2D eigenvalue weighted by atomic mass is 10.1. The summed E-state index contributed by atoms with van der Waals surface area (Å²) >= 11 is 0. The second-order valence-corrected chi connectivity index (χ2v) is 4.32. The second-order valence-electron chi connectivity index (χ2n) is 4.32. The van der Waals surface area contributed by atoms with Gasteiger partial charge in [-0.25, -0.2) is 0 Å². The Hall–Kier alpha value is -0.860. The molecule has 3 nitrogen and oxygen atoms in total. The summed E-state index contributed by atoms with van der Waals surface area (Å²) in [6.45, 7) is 4.47. The van der Waals surface area contributed by atoms with Gasteiger partial charge in [0.05, 0.1) is 0 Å². The van der Waals surface area contributed by atoms with Gasteiger partial charge in [0.25, 0.3) is 0 Å². The van der Waals surface area contributed by atoms with Gasteiger partial charge in [-0.15, -0.1) is 0 Å². The standard InChI is InChI=1S/C13H25NO2/c1-3-4-5-6-7-8-11-14-13(16)10-9-12(2)15/h3-11H2,1-2H3,(H,14,16). The fraction of sp³-hybridized carbons (Fsp3) is 0.846. The Morgan fingerprint density at radius 1 is 0.938 bits per heavy atom. The van der Waals surface area contributed by atoms with Crippen LogP contribution in [0.2, 0.25) is 0 Å². The molecule has 0 fully saturated rings. The highest BCUT2D eigenvalue weighted by molar-refractivity contribution is 5.83. The average molecular weight is 227 g/mol. The summed E-state index contributed by atoms with van der Waals surface area (Å²) in [5.41, 5.74) is 0. The summed E-state index contributed by atoms with van der Waals surface area (Å²) < 4.78 is 0. The van der Waals surface area contributed by atoms with E-state index in [0.29, 0.717) is 12.8 Å². The van der Waals surface area contributed by atoms with Gasteiger partial charge in [-0.3, -0.25) is 4.79 Å². The van der Waals surface area contributed by atoms with Gasteiger partial charge in [-0.2, -0.15) is 0 Å². The molecule has 0 spiro atoms. The molecule has 0 radical (unpaired) electrons. The van der Waals surface area contributed by atoms with Crippen LogP contribution in [0.25, 0.3) is 0 Å². The molecule has 0 aliphatic heterocycles. The Morgan fingerprint density at radius 2 is 1.56 bits per heavy atom. The average Bonchev–Trinajstić information content (AvgIpc) is 2.25. The Labute approximate surface area is 99.0 Å². The van der Waals surface area contributed by atoms with Crippen molar-refractivity contribution in [3.63, 3.8) is 0 Å². The van der Waals surface area contributed by atoms with Crippen LogP contribution in [0.4, 0.5) is 0 Å². The molecule has 16 heavy (non-hydrogen) atoms. The van der Waals surface area contributed by atoms with E-state index < -0.39 is 0 Å². The quantitative estimate of drug-likeness (QED) is 0.583. The number of carbonyl (C=O) groups excluding carboxylic acids is 2. The molecule has 94 valence electrons. The summed E-state index contributed by atoms with van der Waals surface area (Å²) in [6.07, 6.45) is 8.08. The molecule has 0 saturated heterocycles. The van der Waals surface area contributed by atoms with E-state index >= 15 is 0 Å². The third kappa shape index (κ3) is 11.2. The first-order valence-corrected chi connectivity index (χ1v) is 6.43. The van der Waals surface area contributed by atoms with E-state index in [1.54, 1.807) is 0 Å². The van der Waals surface area contributed by atoms with Gasteiger partial charge in [0, 0.05) is 19.4 Å². The first kappa shape index (κ1) is 15.1. The second kappa shape index (κ2) is 10.7. The van der Waals surface area contributed by atoms with E-state index in [2.05, 4.69) is 12.2 Å². The maximum Gasteiger partial charge on any atom is 0.220 e. The minimum absolute atomic E-state index is 0.00348. The maximum absolute atomic E-state index is 11.2. The van der Waals surface area contributed by atoms with Crippen molar-refractivity contribution in [1.82, 2.24) is 5.32 Å². The van der Waals surface area contributed by atoms with Gasteiger partial charge in [0.2, 0.25) is 5.91 Å². The molecule has 0 aliphatic rings. The molecular weight excluding hydrogens is 202 g/mol. The lowest BCUT2D eigenvalue weighted by molar-refractivity contribution is -0.124. The molecule has 0 unspecified atom stereocenters. The Morgan fingerprint density at radius 3 is 2.19 bits per heavy atom. The minimum Gasteiger partial charge on any atom is -0.356 e. The monoisotopic (exact) mass is 227 g/mol. The number of unbranched alkanes of at least 4 members (excludes halogenated alkanes) is 5. The van der Waals surface area contributed by atoms with Crippen LogP contribution in [0.3, 0.4) is 0 Å². The number of nitrogens with one attached hydrogen (secondary N) is 1. The molecule has 0 atom stereocenters. The highest BCUT2D eigenvalue weighted by Gasteiger charge is 2.02. The molecule has 1 N–H and O–H groups in total. The predicted molar refractivity (Wildman–Crippen MR) is 66.3 cm³/mol. The van der Waals surface area contributed by atoms with E-state index in [1.165, 1.54) is 39.0 Å². The Balaban J connectivity index is 3.18. The zero-order chi connectivity index (χ0) is 12.2. The molecule has 0 aliphatic carbocycles. The van der Waals surface area contributed by atoms with Gasteiger partial charge in [0.15, 0.2) is 0 Å². The van der Waals surface area contributed by atoms with Crippen molar-refractivity contribution in [2.75, 3.05) is 6.54 Å². The molecule has 1 amide bonds. The summed E-state index contributed by atoms with van der Waals surface area (Å²) in [7, 11) is 0. The first-order chi connectivity index (χ1) is 7.66. The van der Waals surface area contributed by atoms with E-state index in [9.17, 15) is 9.59 Å². The largest absolute Gasteiger partial charge is 0.356 e. The third-order valence-electron chi connectivity index (χ3n) is 2.56. The number of hydrogen-bond donors (Lipinski definition) is 1. The fourth-order valence-electron chi connectivity index (χ4n) is 1.51. The molecule has 0 saturated carbocycles. The summed E-state index contributed by atoms with van der Waals surface area (Å²) in [5, 5.41) is 2.84. The molecule has 0 aromatic rings. The zero-order valence-electron chi connectivity index (χ0n) is 10.7. The van der Waals surface area contributed by atoms with Gasteiger partial charge in [0.1, 0.15) is 5.78 Å². The Kier molecular flexibility index (Phi) is 10.1. The van der Waals surface area contributed by atoms with Gasteiger partial charge in [-0.05, 0) is 13.3 Å². The van der Waals surface area contributed by atoms with Crippen LogP contribution >= 0.6 is 0 Å². The van der Waals surface area contributed by atoms with E-state index in [0.717, 1.165) is 13.0 Å². The van der Waals surface area contributed by atoms with Gasteiger partial charge in [-0.1, -0.05) is 39.0 Å². The predicted octanol–water partition coefficient (Wildman–Crippen LogP) is 2.83. The number of rotatable bonds is 10. The highest BCUT2D eigenvalue weighted by Crippen LogP contribution is 2.04. The number of amides is 1. The highest BCUT2D eigenvalue weighted by atomic mass is 16.2. The number of carbonyl (C=O) groups is 2. The van der Waals surface area contributed by atoms with Crippen LogP contribution in [-0.2, 0) is 9.59 Å². The van der Waals surface area contributed by atoms with Crippen LogP contribution in [0.5, 0.6) is 0 Å². The van der Waals surface area contributed by atoms with Crippen LogP contribution in [0.1, 0.15) is 65.2 Å². The van der Waals surface area contributed by atoms with Crippen LogP contribution in [-0.4, -0.2) is 18.2 Å². The van der Waals surface area contributed by atoms with Crippen molar-refractivity contribution in [3.05, 3.63) is 0 Å². The molecule has 3 heteroatoms. The van der Waals surface area contributed by atoms with Crippen LogP contribution in [0.15, 0.2) is 0 Å². The molecule has 0 aromatic heterocycles. The minimum atomic E-state index is 0.00348. The third-order valence-corrected chi connectivity index (χ3v) is 2.56. The summed E-state index contributed by atoms with van der Waals surface area (Å²) in [5.74, 6) is 0.0819. The normalized spacial score (nSPS) is 10.1. The summed E-state index contributed by atoms with van der Waals surface area (Å²) in [4.78, 5) is 21.9. The van der Waals surface area contributed by atoms with Crippen LogP contribution in [0, 0.1) is 0 Å². The lowest BCUT2D eigenvalue weighted by Gasteiger charge is -2.04. The molecule has 0 rings (SSSR count). The van der Waals surface area contributed by atoms with Crippen molar-refractivity contribution >= 4 is 11.7 Å². The van der Waals surface area contributed by atoms with E-state index in [4.69, 9.17) is 0 Å². The van der Waals surface area contributed by atoms with Crippen LogP contribution < -0.4 is 5.32 Å². The molecule has 0 heterocycles. The zero-order valence-corrected chi connectivity index (χ0v) is 10.7. The topological polar surface area (TPSA) is 46.2 Å². The molecule has 0 aromatic carbocycles. The number of hydrogen-bond acceptors (Lipinski definition) is 2. The van der Waals surface area contributed by atoms with Crippen molar-refractivity contribution in [1.29, 1.82) is 0 Å². The summed E-state index contributed by atoms with van der Waals surface area (Å²) in [6, 6.07) is 0. The first-order valence-electron chi connectivity index (χ1n) is 6.43. The van der Waals surface area contributed by atoms with Crippen molar-refractivity contribution in [2.24, 2.45) is 0 Å². The number of ketones is 1. The molecule has 0 bridgehead atoms.